The van der Waals surface area contributed by atoms with Gasteiger partial charge in [-0.1, -0.05) is 12.1 Å². The van der Waals surface area contributed by atoms with Gasteiger partial charge in [-0.05, 0) is 24.7 Å². The molecule has 0 aliphatic carbocycles. The van der Waals surface area contributed by atoms with Crippen LogP contribution >= 0.6 is 11.3 Å². The molecule has 1 aromatic carbocycles. The number of nitrogens with zero attached hydrogens (tertiary/aromatic N) is 2. The predicted octanol–water partition coefficient (Wildman–Crippen LogP) is 2.91. The lowest BCUT2D eigenvalue weighted by atomic mass is 10.1. The first-order chi connectivity index (χ1) is 10.0. The Bertz CT molecular complexity index is 534. The average molecular weight is 314 g/mol. The molecule has 0 bridgehead atoms. The Kier molecular flexibility index (Phi) is 5.60. The zero-order valence-corrected chi connectivity index (χ0v) is 12.3. The molecule has 0 aliphatic heterocycles. The Labute approximate surface area is 125 Å². The zero-order chi connectivity index (χ0) is 15.2. The Balaban J connectivity index is 1.88. The number of hydrogen-bond acceptors (Lipinski definition) is 5. The van der Waals surface area contributed by atoms with Crippen molar-refractivity contribution < 1.29 is 18.6 Å². The summed E-state index contributed by atoms with van der Waals surface area (Å²) in [7, 11) is 1.89. The standard InChI is InChI=1S/C14H16F2N2O2S/c1-18(9-13-17-6-7-21-13)8-12(19)10-2-4-11(5-3-10)20-14(15)16/h2-7,12,14,19H,8-9H2,1H3. The van der Waals surface area contributed by atoms with Crippen LogP contribution in [0, 0.1) is 0 Å². The van der Waals surface area contributed by atoms with E-state index in [1.54, 1.807) is 29.7 Å². The van der Waals surface area contributed by atoms with E-state index >= 15 is 0 Å². The molecular weight excluding hydrogens is 298 g/mol. The van der Waals surface area contributed by atoms with Gasteiger partial charge in [0.2, 0.25) is 0 Å². The van der Waals surface area contributed by atoms with E-state index in [0.29, 0.717) is 18.7 Å². The summed E-state index contributed by atoms with van der Waals surface area (Å²) in [5.74, 6) is 0.0806. The Morgan fingerprint density at radius 2 is 2.05 bits per heavy atom. The molecule has 114 valence electrons. The van der Waals surface area contributed by atoms with Gasteiger partial charge in [0.05, 0.1) is 12.6 Å². The minimum Gasteiger partial charge on any atom is -0.435 e. The monoisotopic (exact) mass is 314 g/mol. The first-order valence-electron chi connectivity index (χ1n) is 6.34. The van der Waals surface area contributed by atoms with Crippen LogP contribution in [0.4, 0.5) is 8.78 Å². The summed E-state index contributed by atoms with van der Waals surface area (Å²) in [4.78, 5) is 6.13. The quantitative estimate of drug-likeness (QED) is 0.853. The van der Waals surface area contributed by atoms with Gasteiger partial charge in [0.15, 0.2) is 0 Å². The molecule has 2 rings (SSSR count). The molecule has 1 aromatic heterocycles. The van der Waals surface area contributed by atoms with Crippen molar-refractivity contribution in [2.45, 2.75) is 19.3 Å². The molecule has 4 nitrogen and oxygen atoms in total. The minimum absolute atomic E-state index is 0.0806. The van der Waals surface area contributed by atoms with Crippen LogP contribution in [0.2, 0.25) is 0 Å². The first-order valence-corrected chi connectivity index (χ1v) is 7.22. The number of likely N-dealkylation sites (N-methyl/N-ethyl adjacent to an activating group) is 1. The fraction of sp³-hybridized carbons (Fsp3) is 0.357. The molecule has 1 N–H and O–H groups in total. The third-order valence-electron chi connectivity index (χ3n) is 2.86. The van der Waals surface area contributed by atoms with E-state index < -0.39 is 12.7 Å². The van der Waals surface area contributed by atoms with Gasteiger partial charge in [0.25, 0.3) is 0 Å². The van der Waals surface area contributed by atoms with Crippen molar-refractivity contribution in [2.24, 2.45) is 0 Å². The number of thiazole rings is 1. The normalized spacial score (nSPS) is 12.9. The third-order valence-corrected chi connectivity index (χ3v) is 3.63. The molecule has 0 amide bonds. The van der Waals surface area contributed by atoms with Gasteiger partial charge >= 0.3 is 6.61 Å². The molecule has 0 saturated heterocycles. The number of aliphatic hydroxyl groups is 1. The van der Waals surface area contributed by atoms with Gasteiger partial charge in [0.1, 0.15) is 10.8 Å². The van der Waals surface area contributed by atoms with E-state index in [2.05, 4.69) is 9.72 Å². The van der Waals surface area contributed by atoms with Crippen LogP contribution in [0.5, 0.6) is 5.75 Å². The number of benzene rings is 1. The SMILES string of the molecule is CN(Cc1nccs1)CC(O)c1ccc(OC(F)F)cc1. The number of ether oxygens (including phenoxy) is 1. The lowest BCUT2D eigenvalue weighted by Gasteiger charge is -2.20. The number of rotatable bonds is 7. The highest BCUT2D eigenvalue weighted by Gasteiger charge is 2.12. The van der Waals surface area contributed by atoms with E-state index in [1.807, 2.05) is 17.3 Å². The molecule has 1 heterocycles. The van der Waals surface area contributed by atoms with Gasteiger partial charge in [-0.25, -0.2) is 4.98 Å². The molecule has 0 spiro atoms. The van der Waals surface area contributed by atoms with Crippen molar-refractivity contribution in [3.63, 3.8) is 0 Å². The molecule has 0 fully saturated rings. The van der Waals surface area contributed by atoms with Crippen LogP contribution in [-0.4, -0.2) is 35.2 Å². The van der Waals surface area contributed by atoms with E-state index in [-0.39, 0.29) is 5.75 Å². The molecule has 0 aliphatic rings. The number of halogens is 2. The second kappa shape index (κ2) is 7.44. The number of aromatic nitrogens is 1. The maximum absolute atomic E-state index is 12.0. The van der Waals surface area contributed by atoms with Gasteiger partial charge in [-0.15, -0.1) is 11.3 Å². The van der Waals surface area contributed by atoms with Crippen molar-refractivity contribution in [1.29, 1.82) is 0 Å². The molecule has 7 heteroatoms. The van der Waals surface area contributed by atoms with Crippen LogP contribution in [-0.2, 0) is 6.54 Å². The molecule has 1 unspecified atom stereocenters. The lowest BCUT2D eigenvalue weighted by Crippen LogP contribution is -2.24. The Morgan fingerprint density at radius 3 is 2.62 bits per heavy atom. The van der Waals surface area contributed by atoms with E-state index in [1.165, 1.54) is 12.1 Å². The minimum atomic E-state index is -2.84. The largest absolute Gasteiger partial charge is 0.435 e. The van der Waals surface area contributed by atoms with Gasteiger partial charge in [-0.3, -0.25) is 4.90 Å². The number of aliphatic hydroxyl groups excluding tert-OH is 1. The van der Waals surface area contributed by atoms with E-state index in [9.17, 15) is 13.9 Å². The van der Waals surface area contributed by atoms with Gasteiger partial charge in [0, 0.05) is 18.1 Å². The third kappa shape index (κ3) is 5.04. The summed E-state index contributed by atoms with van der Waals surface area (Å²) in [5, 5.41) is 13.0. The van der Waals surface area contributed by atoms with Crippen molar-refractivity contribution in [2.75, 3.05) is 13.6 Å². The average Bonchev–Trinajstić information content (AvgIpc) is 2.91. The summed E-state index contributed by atoms with van der Waals surface area (Å²) in [6, 6.07) is 6.01. The van der Waals surface area contributed by atoms with Crippen LogP contribution < -0.4 is 4.74 Å². The van der Waals surface area contributed by atoms with E-state index in [4.69, 9.17) is 0 Å². The summed E-state index contributed by atoms with van der Waals surface area (Å²) in [6.07, 6.45) is 1.04. The highest BCUT2D eigenvalue weighted by Crippen LogP contribution is 2.20. The second-order valence-electron chi connectivity index (χ2n) is 4.59. The fourth-order valence-electron chi connectivity index (χ4n) is 1.90. The maximum Gasteiger partial charge on any atom is 0.387 e. The summed E-state index contributed by atoms with van der Waals surface area (Å²) in [5.41, 5.74) is 0.655. The molecule has 1 atom stereocenters. The van der Waals surface area contributed by atoms with Crippen molar-refractivity contribution >= 4 is 11.3 Å². The summed E-state index contributed by atoms with van der Waals surface area (Å²) in [6.45, 7) is -1.76. The Morgan fingerprint density at radius 1 is 1.33 bits per heavy atom. The molecular formula is C14H16F2N2O2S. The molecule has 0 saturated carbocycles. The highest BCUT2D eigenvalue weighted by molar-refractivity contribution is 7.09. The van der Waals surface area contributed by atoms with Crippen molar-refractivity contribution in [3.8, 4) is 5.75 Å². The molecule has 21 heavy (non-hydrogen) atoms. The lowest BCUT2D eigenvalue weighted by molar-refractivity contribution is -0.0498. The maximum atomic E-state index is 12.0. The van der Waals surface area contributed by atoms with Crippen LogP contribution in [0.15, 0.2) is 35.8 Å². The first kappa shape index (κ1) is 15.8. The van der Waals surface area contributed by atoms with Gasteiger partial charge < -0.3 is 9.84 Å². The summed E-state index contributed by atoms with van der Waals surface area (Å²) < 4.78 is 28.4. The summed E-state index contributed by atoms with van der Waals surface area (Å²) >= 11 is 1.56. The molecule has 2 aromatic rings. The molecule has 0 radical (unpaired) electrons. The van der Waals surface area contributed by atoms with E-state index in [0.717, 1.165) is 5.01 Å². The van der Waals surface area contributed by atoms with Crippen LogP contribution in [0.25, 0.3) is 0 Å². The number of alkyl halides is 2. The van der Waals surface area contributed by atoms with Crippen LogP contribution in [0.1, 0.15) is 16.7 Å². The fourth-order valence-corrected chi connectivity index (χ4v) is 2.59. The zero-order valence-electron chi connectivity index (χ0n) is 11.4. The second-order valence-corrected chi connectivity index (χ2v) is 5.57. The van der Waals surface area contributed by atoms with Gasteiger partial charge in [-0.2, -0.15) is 8.78 Å². The topological polar surface area (TPSA) is 45.6 Å². The Hall–Kier alpha value is -1.57. The highest BCUT2D eigenvalue weighted by atomic mass is 32.1. The predicted molar refractivity (Wildman–Crippen MR) is 76.5 cm³/mol. The van der Waals surface area contributed by atoms with Crippen LogP contribution in [0.3, 0.4) is 0 Å². The van der Waals surface area contributed by atoms with Crippen molar-refractivity contribution in [1.82, 2.24) is 9.88 Å². The van der Waals surface area contributed by atoms with Crippen molar-refractivity contribution in [3.05, 3.63) is 46.4 Å². The number of hydrogen-bond donors (Lipinski definition) is 1. The smallest absolute Gasteiger partial charge is 0.387 e.